The Morgan fingerprint density at radius 2 is 1.94 bits per heavy atom. The molecule has 0 spiro atoms. The normalized spacial score (nSPS) is 23.2. The summed E-state index contributed by atoms with van der Waals surface area (Å²) in [5.74, 6) is 0. The van der Waals surface area contributed by atoms with Crippen molar-refractivity contribution in [2.75, 3.05) is 6.54 Å². The van der Waals surface area contributed by atoms with Crippen LogP contribution < -0.4 is 0 Å². The fraction of sp³-hybridized carbons (Fsp3) is 0.538. The van der Waals surface area contributed by atoms with Gasteiger partial charge in [-0.05, 0) is 24.9 Å². The molecule has 2 rings (SSSR count). The quantitative estimate of drug-likeness (QED) is 0.901. The number of hydrogen-bond acceptors (Lipinski definition) is 2. The van der Waals surface area contributed by atoms with E-state index in [2.05, 4.69) is 0 Å². The van der Waals surface area contributed by atoms with Crippen molar-refractivity contribution in [3.8, 4) is 0 Å². The van der Waals surface area contributed by atoms with Crippen LogP contribution in [0.25, 0.3) is 0 Å². The molecular formula is C13H16F3NO. The van der Waals surface area contributed by atoms with E-state index in [0.717, 1.165) is 5.56 Å². The highest BCUT2D eigenvalue weighted by Crippen LogP contribution is 2.31. The minimum atomic E-state index is -4.54. The monoisotopic (exact) mass is 259 g/mol. The van der Waals surface area contributed by atoms with Gasteiger partial charge < -0.3 is 5.11 Å². The fourth-order valence-corrected chi connectivity index (χ4v) is 2.44. The number of nitrogens with zero attached hydrogens (tertiary/aromatic N) is 1. The predicted octanol–water partition coefficient (Wildman–Crippen LogP) is 2.57. The zero-order valence-electron chi connectivity index (χ0n) is 9.90. The van der Waals surface area contributed by atoms with E-state index >= 15 is 0 Å². The van der Waals surface area contributed by atoms with Gasteiger partial charge >= 0.3 is 6.18 Å². The van der Waals surface area contributed by atoms with Gasteiger partial charge in [0, 0.05) is 12.6 Å². The molecular weight excluding hydrogens is 243 g/mol. The van der Waals surface area contributed by atoms with E-state index in [9.17, 15) is 18.3 Å². The first-order valence-electron chi connectivity index (χ1n) is 6.01. The Morgan fingerprint density at radius 3 is 2.56 bits per heavy atom. The van der Waals surface area contributed by atoms with Gasteiger partial charge in [0.2, 0.25) is 0 Å². The molecule has 1 aliphatic heterocycles. The second kappa shape index (κ2) is 5.28. The third kappa shape index (κ3) is 3.03. The summed E-state index contributed by atoms with van der Waals surface area (Å²) in [7, 11) is 0. The molecule has 2 nitrogen and oxygen atoms in total. The van der Waals surface area contributed by atoms with Crippen molar-refractivity contribution in [1.82, 2.24) is 4.90 Å². The van der Waals surface area contributed by atoms with Crippen molar-refractivity contribution in [2.24, 2.45) is 0 Å². The highest BCUT2D eigenvalue weighted by atomic mass is 19.4. The lowest BCUT2D eigenvalue weighted by Crippen LogP contribution is -2.46. The zero-order chi connectivity index (χ0) is 13.2. The Morgan fingerprint density at radius 1 is 1.28 bits per heavy atom. The highest BCUT2D eigenvalue weighted by molar-refractivity contribution is 5.15. The molecule has 1 N–H and O–H groups in total. The summed E-state index contributed by atoms with van der Waals surface area (Å²) in [6, 6.07) is 8.55. The Balaban J connectivity index is 2.04. The number of alkyl halides is 3. The van der Waals surface area contributed by atoms with Gasteiger partial charge in [0.25, 0.3) is 0 Å². The molecule has 1 heterocycles. The van der Waals surface area contributed by atoms with E-state index in [0.29, 0.717) is 25.9 Å². The Labute approximate surface area is 104 Å². The Kier molecular flexibility index (Phi) is 3.92. The molecule has 0 radical (unpaired) electrons. The second-order valence-corrected chi connectivity index (χ2v) is 4.65. The summed E-state index contributed by atoms with van der Waals surface area (Å²) in [6.07, 6.45) is -5.69. The average Bonchev–Trinajstić information content (AvgIpc) is 2.76. The first-order chi connectivity index (χ1) is 8.48. The van der Waals surface area contributed by atoms with Crippen LogP contribution >= 0.6 is 0 Å². The smallest absolute Gasteiger partial charge is 0.382 e. The summed E-state index contributed by atoms with van der Waals surface area (Å²) in [5.41, 5.74) is 0.971. The molecule has 1 saturated heterocycles. The lowest BCUT2D eigenvalue weighted by atomic mass is 10.1. The van der Waals surface area contributed by atoms with Crippen LogP contribution in [-0.4, -0.2) is 34.9 Å². The van der Waals surface area contributed by atoms with Crippen LogP contribution in [-0.2, 0) is 6.54 Å². The lowest BCUT2D eigenvalue weighted by molar-refractivity contribution is -0.219. The minimum Gasteiger partial charge on any atom is -0.382 e. The molecule has 0 amide bonds. The van der Waals surface area contributed by atoms with Crippen LogP contribution in [0.5, 0.6) is 0 Å². The van der Waals surface area contributed by atoms with Crippen LogP contribution in [0, 0.1) is 0 Å². The molecule has 1 aromatic carbocycles. The van der Waals surface area contributed by atoms with E-state index in [-0.39, 0.29) is 0 Å². The number of aliphatic hydroxyl groups excluding tert-OH is 1. The van der Waals surface area contributed by atoms with Crippen LogP contribution in [0.1, 0.15) is 18.4 Å². The zero-order valence-corrected chi connectivity index (χ0v) is 9.90. The number of likely N-dealkylation sites (tertiary alicyclic amines) is 1. The molecule has 100 valence electrons. The van der Waals surface area contributed by atoms with Crippen LogP contribution in [0.2, 0.25) is 0 Å². The lowest BCUT2D eigenvalue weighted by Gasteiger charge is -2.29. The van der Waals surface area contributed by atoms with E-state index in [1.54, 1.807) is 4.90 Å². The SMILES string of the molecule is O[C@H](C1CCCN1Cc1ccccc1)C(F)(F)F. The van der Waals surface area contributed by atoms with Crippen LogP contribution in [0.3, 0.4) is 0 Å². The van der Waals surface area contributed by atoms with E-state index in [4.69, 9.17) is 0 Å². The van der Waals surface area contributed by atoms with Crippen LogP contribution in [0.15, 0.2) is 30.3 Å². The second-order valence-electron chi connectivity index (χ2n) is 4.65. The maximum atomic E-state index is 12.5. The summed E-state index contributed by atoms with van der Waals surface area (Å²) in [4.78, 5) is 1.72. The molecule has 1 unspecified atom stereocenters. The van der Waals surface area contributed by atoms with E-state index in [1.807, 2.05) is 30.3 Å². The Hall–Kier alpha value is -1.07. The van der Waals surface area contributed by atoms with Gasteiger partial charge in [0.1, 0.15) is 0 Å². The molecule has 1 aromatic rings. The third-order valence-corrected chi connectivity index (χ3v) is 3.34. The Bertz CT molecular complexity index is 380. The number of hydrogen-bond donors (Lipinski definition) is 1. The van der Waals surface area contributed by atoms with Gasteiger partial charge in [-0.25, -0.2) is 0 Å². The summed E-state index contributed by atoms with van der Waals surface area (Å²) in [6.45, 7) is 1.06. The number of benzene rings is 1. The fourth-order valence-electron chi connectivity index (χ4n) is 2.44. The van der Waals surface area contributed by atoms with Gasteiger partial charge in [-0.3, -0.25) is 4.90 Å². The minimum absolute atomic E-state index is 0.396. The molecule has 0 bridgehead atoms. The van der Waals surface area contributed by atoms with Gasteiger partial charge in [-0.15, -0.1) is 0 Å². The maximum Gasteiger partial charge on any atom is 0.415 e. The van der Waals surface area contributed by atoms with Crippen molar-refractivity contribution in [3.05, 3.63) is 35.9 Å². The summed E-state index contributed by atoms with van der Waals surface area (Å²) < 4.78 is 37.6. The van der Waals surface area contributed by atoms with Crippen molar-refractivity contribution in [1.29, 1.82) is 0 Å². The van der Waals surface area contributed by atoms with Gasteiger partial charge in [0.15, 0.2) is 6.10 Å². The topological polar surface area (TPSA) is 23.5 Å². The van der Waals surface area contributed by atoms with Crippen molar-refractivity contribution < 1.29 is 18.3 Å². The number of aliphatic hydroxyl groups is 1. The van der Waals surface area contributed by atoms with Gasteiger partial charge in [-0.2, -0.15) is 13.2 Å². The van der Waals surface area contributed by atoms with Crippen molar-refractivity contribution in [3.63, 3.8) is 0 Å². The third-order valence-electron chi connectivity index (χ3n) is 3.34. The molecule has 0 saturated carbocycles. The summed E-state index contributed by atoms with van der Waals surface area (Å²) in [5, 5.41) is 9.37. The molecule has 2 atom stereocenters. The molecule has 0 aliphatic carbocycles. The molecule has 0 aromatic heterocycles. The standard InChI is InChI=1S/C13H16F3NO/c14-13(15,16)12(18)11-7-4-8-17(11)9-10-5-2-1-3-6-10/h1-3,5-6,11-12,18H,4,7-9H2/t11?,12-/m1/s1. The average molecular weight is 259 g/mol. The first kappa shape index (κ1) is 13.4. The first-order valence-corrected chi connectivity index (χ1v) is 6.01. The number of rotatable bonds is 3. The highest BCUT2D eigenvalue weighted by Gasteiger charge is 2.46. The predicted molar refractivity (Wildman–Crippen MR) is 61.9 cm³/mol. The largest absolute Gasteiger partial charge is 0.415 e. The van der Waals surface area contributed by atoms with E-state index in [1.165, 1.54) is 0 Å². The van der Waals surface area contributed by atoms with Gasteiger partial charge in [0.05, 0.1) is 0 Å². The number of halogens is 3. The van der Waals surface area contributed by atoms with E-state index < -0.39 is 18.3 Å². The maximum absolute atomic E-state index is 12.5. The molecule has 18 heavy (non-hydrogen) atoms. The van der Waals surface area contributed by atoms with Crippen molar-refractivity contribution in [2.45, 2.75) is 37.7 Å². The van der Waals surface area contributed by atoms with Crippen LogP contribution in [0.4, 0.5) is 13.2 Å². The molecule has 1 fully saturated rings. The van der Waals surface area contributed by atoms with Gasteiger partial charge in [-0.1, -0.05) is 30.3 Å². The summed E-state index contributed by atoms with van der Waals surface area (Å²) >= 11 is 0. The van der Waals surface area contributed by atoms with Crippen molar-refractivity contribution >= 4 is 0 Å². The molecule has 5 heteroatoms. The molecule has 1 aliphatic rings.